The fraction of sp³-hybridized carbons (Fsp3) is 0.630. The van der Waals surface area contributed by atoms with Gasteiger partial charge in [0, 0.05) is 23.6 Å². The molecule has 7 fully saturated rings. The number of carbonyl (C=O) groups is 1. The lowest BCUT2D eigenvalue weighted by Crippen LogP contribution is -2.71. The number of aromatic nitrogens is 2. The molecular weight excluding hydrogens is 431 g/mol. The van der Waals surface area contributed by atoms with Crippen LogP contribution in [0.3, 0.4) is 0 Å². The van der Waals surface area contributed by atoms with Crippen molar-refractivity contribution in [2.75, 3.05) is 11.4 Å². The number of halogens is 1. The Balaban J connectivity index is 1.14. The Kier molecular flexibility index (Phi) is 4.05. The van der Waals surface area contributed by atoms with Crippen molar-refractivity contribution in [2.24, 2.45) is 10.8 Å². The molecule has 7 aliphatic rings. The smallest absolute Gasteiger partial charge is 0.233 e. The molecule has 4 bridgehead atoms. The Bertz CT molecular complexity index is 1180. The fourth-order valence-electron chi connectivity index (χ4n) is 7.32. The van der Waals surface area contributed by atoms with E-state index >= 15 is 0 Å². The number of fused-ring (bicyclic) bond motifs is 3. The van der Waals surface area contributed by atoms with Crippen LogP contribution in [0.5, 0.6) is 0 Å². The molecule has 0 spiro atoms. The molecule has 0 radical (unpaired) electrons. The second-order valence-electron chi connectivity index (χ2n) is 12.0. The second kappa shape index (κ2) is 6.68. The molecule has 9 rings (SSSR count). The van der Waals surface area contributed by atoms with Gasteiger partial charge in [0.25, 0.3) is 0 Å². The highest BCUT2D eigenvalue weighted by molar-refractivity contribution is 6.00. The van der Waals surface area contributed by atoms with Gasteiger partial charge in [0.15, 0.2) is 5.82 Å². The van der Waals surface area contributed by atoms with Crippen LogP contribution in [0.1, 0.15) is 93.8 Å². The lowest BCUT2D eigenvalue weighted by Gasteiger charge is -2.65. The maximum Gasteiger partial charge on any atom is 0.233 e. The predicted octanol–water partition coefficient (Wildman–Crippen LogP) is 5.34. The highest BCUT2D eigenvalue weighted by Gasteiger charge is 2.73. The van der Waals surface area contributed by atoms with Crippen molar-refractivity contribution >= 4 is 11.6 Å². The number of alkyl halides is 1. The van der Waals surface area contributed by atoms with E-state index in [0.717, 1.165) is 68.8 Å². The zero-order chi connectivity index (χ0) is 23.2. The van der Waals surface area contributed by atoms with Crippen LogP contribution in [0.2, 0.25) is 0 Å². The molecule has 0 atom stereocenters. The molecule has 1 aromatic carbocycles. The van der Waals surface area contributed by atoms with E-state index in [2.05, 4.69) is 11.2 Å². The van der Waals surface area contributed by atoms with Gasteiger partial charge in [0.2, 0.25) is 11.8 Å². The Hall–Kier alpha value is -2.75. The van der Waals surface area contributed by atoms with Gasteiger partial charge in [-0.2, -0.15) is 10.2 Å². The number of nitriles is 1. The number of rotatable bonds is 6. The highest BCUT2D eigenvalue weighted by Crippen LogP contribution is 2.70. The minimum atomic E-state index is -1.12. The fourth-order valence-corrected chi connectivity index (χ4v) is 7.32. The minimum absolute atomic E-state index is 0.0219. The number of benzene rings is 1. The minimum Gasteiger partial charge on any atom is -0.339 e. The first-order chi connectivity index (χ1) is 16.4. The van der Waals surface area contributed by atoms with Gasteiger partial charge in [0.1, 0.15) is 5.67 Å². The molecular formula is C27H29FN4O2. The number of nitrogens with zero attached hydrogens (tertiary/aromatic N) is 4. The lowest BCUT2D eigenvalue weighted by atomic mass is 9.41. The summed E-state index contributed by atoms with van der Waals surface area (Å²) >= 11 is 0. The Morgan fingerprint density at radius 1 is 1.15 bits per heavy atom. The topological polar surface area (TPSA) is 83.0 Å². The summed E-state index contributed by atoms with van der Waals surface area (Å²) in [5, 5.41) is 13.7. The lowest BCUT2D eigenvalue weighted by molar-refractivity contribution is -0.211. The Morgan fingerprint density at radius 3 is 2.47 bits per heavy atom. The molecule has 176 valence electrons. The molecule has 7 saturated carbocycles. The number of amides is 1. The van der Waals surface area contributed by atoms with Crippen LogP contribution in [0, 0.1) is 22.2 Å². The molecule has 1 amide bonds. The van der Waals surface area contributed by atoms with Gasteiger partial charge in [-0.25, -0.2) is 4.39 Å². The molecule has 0 aliphatic heterocycles. The van der Waals surface area contributed by atoms with E-state index in [-0.39, 0.29) is 16.7 Å². The van der Waals surface area contributed by atoms with Crippen molar-refractivity contribution in [1.82, 2.24) is 10.1 Å². The molecule has 7 aliphatic carbocycles. The zero-order valence-electron chi connectivity index (χ0n) is 19.4. The Morgan fingerprint density at radius 2 is 1.85 bits per heavy atom. The molecule has 0 saturated heterocycles. The largest absolute Gasteiger partial charge is 0.339 e. The summed E-state index contributed by atoms with van der Waals surface area (Å²) < 4.78 is 20.1. The van der Waals surface area contributed by atoms with E-state index in [1.807, 2.05) is 17.0 Å². The van der Waals surface area contributed by atoms with Crippen LogP contribution >= 0.6 is 0 Å². The number of anilines is 1. The van der Waals surface area contributed by atoms with Crippen molar-refractivity contribution in [3.63, 3.8) is 0 Å². The van der Waals surface area contributed by atoms with Crippen LogP contribution in [-0.2, 0) is 10.2 Å². The quantitative estimate of drug-likeness (QED) is 0.581. The van der Waals surface area contributed by atoms with Gasteiger partial charge in [0.05, 0.1) is 17.0 Å². The normalized spacial score (nSPS) is 37.4. The first-order valence-electron chi connectivity index (χ1n) is 12.7. The third kappa shape index (κ3) is 2.93. The van der Waals surface area contributed by atoms with E-state index in [1.54, 1.807) is 12.1 Å². The molecule has 0 N–H and O–H groups in total. The average Bonchev–Trinajstić information content (AvgIpc) is 3.56. The number of carbonyl (C=O) groups excluding carboxylic acids is 1. The third-order valence-corrected chi connectivity index (χ3v) is 9.68. The van der Waals surface area contributed by atoms with Gasteiger partial charge >= 0.3 is 0 Å². The van der Waals surface area contributed by atoms with Crippen molar-refractivity contribution in [1.29, 1.82) is 5.26 Å². The number of hydrogen-bond acceptors (Lipinski definition) is 5. The first-order valence-corrected chi connectivity index (χ1v) is 12.7. The summed E-state index contributed by atoms with van der Waals surface area (Å²) in [6.45, 7) is 0.634. The monoisotopic (exact) mass is 460 g/mol. The summed E-state index contributed by atoms with van der Waals surface area (Å²) in [6, 6.07) is 9.52. The number of hydrogen-bond donors (Lipinski definition) is 0. The van der Waals surface area contributed by atoms with E-state index in [4.69, 9.17) is 9.51 Å². The van der Waals surface area contributed by atoms with Crippen LogP contribution < -0.4 is 4.90 Å². The maximum absolute atomic E-state index is 14.3. The molecule has 2 aromatic rings. The van der Waals surface area contributed by atoms with E-state index in [0.29, 0.717) is 37.3 Å². The van der Waals surface area contributed by atoms with Crippen LogP contribution in [0.15, 0.2) is 28.8 Å². The molecule has 7 heteroatoms. The predicted molar refractivity (Wildman–Crippen MR) is 122 cm³/mol. The van der Waals surface area contributed by atoms with Crippen molar-refractivity contribution in [2.45, 2.75) is 87.6 Å². The van der Waals surface area contributed by atoms with E-state index in [1.165, 1.54) is 0 Å². The van der Waals surface area contributed by atoms with Gasteiger partial charge in [-0.15, -0.1) is 0 Å². The van der Waals surface area contributed by atoms with Gasteiger partial charge in [-0.05, 0) is 94.2 Å². The van der Waals surface area contributed by atoms with Crippen molar-refractivity contribution < 1.29 is 13.7 Å². The molecule has 1 heterocycles. The maximum atomic E-state index is 14.3. The molecule has 34 heavy (non-hydrogen) atoms. The molecule has 0 unspecified atom stereocenters. The van der Waals surface area contributed by atoms with Gasteiger partial charge in [-0.3, -0.25) is 4.79 Å². The van der Waals surface area contributed by atoms with Crippen LogP contribution in [0.4, 0.5) is 10.1 Å². The standard InChI is InChI=1S/C27H29FN4O2/c28-27-14-26(15-27,16-27)23(33)32(20-3-1-2-18(12-20)13-29)17-24-6-9-25(10-7-24,11-8-24)22-30-21(31-34-22)19-4-5-19/h1-3,12,19H,4-11,14-17H2. The van der Waals surface area contributed by atoms with E-state index in [9.17, 15) is 14.4 Å². The van der Waals surface area contributed by atoms with Gasteiger partial charge < -0.3 is 9.42 Å². The van der Waals surface area contributed by atoms with Crippen LogP contribution in [-0.4, -0.2) is 28.3 Å². The Labute approximate surface area is 198 Å². The first kappa shape index (κ1) is 20.6. The third-order valence-electron chi connectivity index (χ3n) is 9.68. The SMILES string of the molecule is N#Cc1cccc(N(CC23CCC(c4nc(C5CC5)no4)(CC2)CC3)C(=O)C23CC(F)(C2)C3)c1. The summed E-state index contributed by atoms with van der Waals surface area (Å²) in [5.74, 6) is 2.24. The summed E-state index contributed by atoms with van der Waals surface area (Å²) in [7, 11) is 0. The van der Waals surface area contributed by atoms with Crippen LogP contribution in [0.25, 0.3) is 0 Å². The zero-order valence-corrected chi connectivity index (χ0v) is 19.4. The van der Waals surface area contributed by atoms with Crippen molar-refractivity contribution in [3.8, 4) is 6.07 Å². The summed E-state index contributed by atoms with van der Waals surface area (Å²) in [5.41, 5.74) is -0.329. The summed E-state index contributed by atoms with van der Waals surface area (Å²) in [6.07, 6.45) is 9.40. The summed E-state index contributed by atoms with van der Waals surface area (Å²) in [4.78, 5) is 20.5. The van der Waals surface area contributed by atoms with Gasteiger partial charge in [-0.1, -0.05) is 11.2 Å². The van der Waals surface area contributed by atoms with Crippen molar-refractivity contribution in [3.05, 3.63) is 41.5 Å². The van der Waals surface area contributed by atoms with E-state index < -0.39 is 11.1 Å². The molecule has 1 aromatic heterocycles. The molecule has 6 nitrogen and oxygen atoms in total. The average molecular weight is 461 g/mol. The highest BCUT2D eigenvalue weighted by atomic mass is 19.1. The second-order valence-corrected chi connectivity index (χ2v) is 12.0.